The first-order chi connectivity index (χ1) is 9.12. The Morgan fingerprint density at radius 2 is 1.42 bits per heavy atom. The molecule has 0 aromatic rings. The normalized spacial score (nSPS) is 27.6. The first-order valence-electron chi connectivity index (χ1n) is 8.94. The van der Waals surface area contributed by atoms with E-state index in [4.69, 9.17) is 0 Å². The monoisotopic (exact) mass is 264 g/mol. The highest BCUT2D eigenvalue weighted by Crippen LogP contribution is 2.47. The smallest absolute Gasteiger partial charge is 0.146 e. The molecule has 2 rings (SSSR count). The third kappa shape index (κ3) is 4.51. The molecule has 2 fully saturated rings. The lowest BCUT2D eigenvalue weighted by atomic mass is 9.26. The number of hydrogen-bond acceptors (Lipinski definition) is 0. The second-order valence-electron chi connectivity index (χ2n) is 7.92. The number of hydrogen-bond donors (Lipinski definition) is 0. The highest BCUT2D eigenvalue weighted by molar-refractivity contribution is 6.62. The van der Waals surface area contributed by atoms with E-state index >= 15 is 0 Å². The fourth-order valence-electron chi connectivity index (χ4n) is 4.74. The minimum Gasteiger partial charge on any atom is -0.329 e. The Morgan fingerprint density at radius 1 is 0.895 bits per heavy atom. The van der Waals surface area contributed by atoms with Crippen LogP contribution in [0.25, 0.3) is 0 Å². The van der Waals surface area contributed by atoms with E-state index in [-0.39, 0.29) is 0 Å². The molecule has 110 valence electrons. The van der Waals surface area contributed by atoms with Gasteiger partial charge in [-0.2, -0.15) is 0 Å². The van der Waals surface area contributed by atoms with E-state index in [1.807, 2.05) is 0 Å². The van der Waals surface area contributed by atoms with Gasteiger partial charge in [-0.05, 0) is 12.8 Å². The Kier molecular flexibility index (Phi) is 5.80. The molecule has 2 aliphatic heterocycles. The molecule has 0 amide bonds. The van der Waals surface area contributed by atoms with Crippen LogP contribution in [0.5, 0.6) is 0 Å². The van der Waals surface area contributed by atoms with Crippen molar-refractivity contribution in [3.63, 3.8) is 0 Å². The van der Waals surface area contributed by atoms with Crippen LogP contribution in [-0.2, 0) is 0 Å². The second kappa shape index (κ2) is 7.15. The summed E-state index contributed by atoms with van der Waals surface area (Å²) in [5, 5.41) is 0. The van der Waals surface area contributed by atoms with E-state index in [9.17, 15) is 0 Å². The topological polar surface area (TPSA) is 0 Å². The molecular weight excluding hydrogens is 229 g/mol. The number of nitrogens with zero attached hydrogens (tertiary/aromatic N) is 1. The molecule has 0 spiro atoms. The standard InChI is InChI=1S/C17H35BN/c1-4-5-14-19(2,3)15-8-13-18-16-9-6-10-17(18)12-7-11-16/h16-17H,4-15H2,1-3H3/q+1. The third-order valence-corrected chi connectivity index (χ3v) is 5.93. The lowest BCUT2D eigenvalue weighted by molar-refractivity contribution is -0.890. The van der Waals surface area contributed by atoms with Gasteiger partial charge in [0.1, 0.15) is 6.71 Å². The van der Waals surface area contributed by atoms with Gasteiger partial charge in [-0.3, -0.25) is 0 Å². The van der Waals surface area contributed by atoms with Gasteiger partial charge in [0.05, 0.1) is 27.2 Å². The van der Waals surface area contributed by atoms with Crippen molar-refractivity contribution in [2.24, 2.45) is 0 Å². The number of fused-ring (bicyclic) bond motifs is 2. The van der Waals surface area contributed by atoms with E-state index in [0.717, 1.165) is 18.3 Å². The largest absolute Gasteiger partial charge is 0.329 e. The number of rotatable bonds is 7. The van der Waals surface area contributed by atoms with Gasteiger partial charge < -0.3 is 4.48 Å². The molecule has 2 bridgehead atoms. The molecule has 0 aliphatic carbocycles. The summed E-state index contributed by atoms with van der Waals surface area (Å²) >= 11 is 0. The summed E-state index contributed by atoms with van der Waals surface area (Å²) in [6, 6.07) is 0. The Hall–Kier alpha value is 0.0249. The Balaban J connectivity index is 1.72. The van der Waals surface area contributed by atoms with Crippen LogP contribution >= 0.6 is 0 Å². The molecule has 0 N–H and O–H groups in total. The second-order valence-corrected chi connectivity index (χ2v) is 7.92. The molecule has 2 heteroatoms. The molecule has 0 atom stereocenters. The van der Waals surface area contributed by atoms with Crippen LogP contribution in [0, 0.1) is 0 Å². The van der Waals surface area contributed by atoms with Crippen LogP contribution in [0.3, 0.4) is 0 Å². The van der Waals surface area contributed by atoms with Crippen molar-refractivity contribution >= 4 is 6.71 Å². The van der Waals surface area contributed by atoms with Crippen LogP contribution in [0.1, 0.15) is 64.7 Å². The average Bonchev–Trinajstić information content (AvgIpc) is 2.36. The first kappa shape index (κ1) is 15.4. The lowest BCUT2D eigenvalue weighted by Gasteiger charge is -2.41. The molecule has 2 aliphatic rings. The van der Waals surface area contributed by atoms with Gasteiger partial charge in [0.25, 0.3) is 0 Å². The van der Waals surface area contributed by atoms with Crippen molar-refractivity contribution < 1.29 is 4.48 Å². The van der Waals surface area contributed by atoms with Crippen LogP contribution < -0.4 is 0 Å². The maximum absolute atomic E-state index is 2.43. The quantitative estimate of drug-likeness (QED) is 0.455. The minimum atomic E-state index is 1.11. The predicted octanol–water partition coefficient (Wildman–Crippen LogP) is 4.86. The van der Waals surface area contributed by atoms with E-state index in [1.54, 1.807) is 25.7 Å². The van der Waals surface area contributed by atoms with Gasteiger partial charge in [-0.25, -0.2) is 0 Å². The summed E-state index contributed by atoms with van der Waals surface area (Å²) < 4.78 is 1.25. The summed E-state index contributed by atoms with van der Waals surface area (Å²) in [7, 11) is 4.86. The summed E-state index contributed by atoms with van der Waals surface area (Å²) in [5.41, 5.74) is 0. The zero-order valence-electron chi connectivity index (χ0n) is 13.7. The van der Waals surface area contributed by atoms with Gasteiger partial charge >= 0.3 is 0 Å². The maximum Gasteiger partial charge on any atom is 0.146 e. The fraction of sp³-hybridized carbons (Fsp3) is 1.00. The first-order valence-corrected chi connectivity index (χ1v) is 8.94. The predicted molar refractivity (Wildman–Crippen MR) is 87.1 cm³/mol. The molecule has 19 heavy (non-hydrogen) atoms. The molecule has 2 heterocycles. The summed E-state index contributed by atoms with van der Waals surface area (Å²) in [6.07, 6.45) is 15.0. The zero-order valence-corrected chi connectivity index (χ0v) is 13.7. The molecule has 1 nitrogen and oxygen atoms in total. The van der Waals surface area contributed by atoms with Crippen molar-refractivity contribution in [3.8, 4) is 0 Å². The zero-order chi connectivity index (χ0) is 13.7. The van der Waals surface area contributed by atoms with Crippen molar-refractivity contribution in [2.75, 3.05) is 27.2 Å². The SMILES string of the molecule is CCCC[N+](C)(C)CCCB1C2CCCC1CCC2. The van der Waals surface area contributed by atoms with Crippen LogP contribution in [0.15, 0.2) is 0 Å². The number of quaternary nitrogens is 1. The summed E-state index contributed by atoms with van der Waals surface area (Å²) in [5.74, 6) is 2.22. The minimum absolute atomic E-state index is 1.11. The van der Waals surface area contributed by atoms with Crippen molar-refractivity contribution in [2.45, 2.75) is 82.7 Å². The molecule has 0 unspecified atom stereocenters. The van der Waals surface area contributed by atoms with Crippen molar-refractivity contribution in [1.29, 1.82) is 0 Å². The van der Waals surface area contributed by atoms with Gasteiger partial charge in [-0.1, -0.05) is 69.8 Å². The van der Waals surface area contributed by atoms with Gasteiger partial charge in [0.2, 0.25) is 0 Å². The fourth-order valence-corrected chi connectivity index (χ4v) is 4.74. The maximum atomic E-state index is 2.43. The van der Waals surface area contributed by atoms with Gasteiger partial charge in [0, 0.05) is 0 Å². The lowest BCUT2D eigenvalue weighted by Crippen LogP contribution is -2.42. The highest BCUT2D eigenvalue weighted by atomic mass is 15.3. The van der Waals surface area contributed by atoms with E-state index in [0.29, 0.717) is 0 Å². The van der Waals surface area contributed by atoms with E-state index < -0.39 is 0 Å². The Bertz CT molecular complexity index is 242. The average molecular weight is 264 g/mol. The molecule has 0 aromatic carbocycles. The third-order valence-electron chi connectivity index (χ3n) is 5.93. The highest BCUT2D eigenvalue weighted by Gasteiger charge is 2.38. The van der Waals surface area contributed by atoms with Gasteiger partial charge in [-0.15, -0.1) is 0 Å². The molecule has 2 saturated heterocycles. The van der Waals surface area contributed by atoms with Crippen molar-refractivity contribution in [1.82, 2.24) is 0 Å². The molecule has 0 radical (unpaired) electrons. The Labute approximate surface area is 121 Å². The van der Waals surface area contributed by atoms with E-state index in [2.05, 4.69) is 21.0 Å². The van der Waals surface area contributed by atoms with Crippen molar-refractivity contribution in [3.05, 3.63) is 0 Å². The molecular formula is C17H35BN+. The Morgan fingerprint density at radius 3 is 1.95 bits per heavy atom. The van der Waals surface area contributed by atoms with Crippen LogP contribution in [0.4, 0.5) is 0 Å². The summed E-state index contributed by atoms with van der Waals surface area (Å²) in [6.45, 7) is 6.18. The van der Waals surface area contributed by atoms with E-state index in [1.165, 1.54) is 56.0 Å². The van der Waals surface area contributed by atoms with Crippen LogP contribution in [0.2, 0.25) is 18.0 Å². The molecule has 0 aromatic heterocycles. The van der Waals surface area contributed by atoms with Crippen LogP contribution in [-0.4, -0.2) is 38.4 Å². The van der Waals surface area contributed by atoms with Gasteiger partial charge in [0.15, 0.2) is 0 Å². The molecule has 0 saturated carbocycles. The number of unbranched alkanes of at least 4 members (excludes halogenated alkanes) is 1. The summed E-state index contributed by atoms with van der Waals surface area (Å²) in [4.78, 5) is 0.